The van der Waals surface area contributed by atoms with Gasteiger partial charge in [-0.15, -0.1) is 0 Å². The highest BCUT2D eigenvalue weighted by atomic mass is 32.2. The molecular formula is C16H19N3O4S. The zero-order valence-corrected chi connectivity index (χ0v) is 14.4. The molecule has 2 aliphatic rings. The zero-order chi connectivity index (χ0) is 17.1. The van der Waals surface area contributed by atoms with Crippen LogP contribution in [-0.2, 0) is 9.84 Å². The highest BCUT2D eigenvalue weighted by molar-refractivity contribution is 7.91. The Kier molecular flexibility index (Phi) is 3.25. The van der Waals surface area contributed by atoms with E-state index in [-0.39, 0.29) is 17.4 Å². The number of pyridine rings is 1. The van der Waals surface area contributed by atoms with E-state index in [9.17, 15) is 13.2 Å². The summed E-state index contributed by atoms with van der Waals surface area (Å²) in [7, 11) is -3.09. The molecule has 1 aliphatic carbocycles. The van der Waals surface area contributed by atoms with E-state index in [4.69, 9.17) is 4.52 Å². The fraction of sp³-hybridized carbons (Fsp3) is 0.562. The van der Waals surface area contributed by atoms with E-state index in [2.05, 4.69) is 15.5 Å². The third-order valence-corrected chi connectivity index (χ3v) is 6.70. The maximum Gasteiger partial charge on any atom is 0.259 e. The topological polar surface area (TPSA) is 102 Å². The second kappa shape index (κ2) is 5.02. The van der Waals surface area contributed by atoms with Crippen molar-refractivity contribution in [2.75, 3.05) is 11.5 Å². The van der Waals surface area contributed by atoms with Gasteiger partial charge in [0.15, 0.2) is 9.84 Å². The monoisotopic (exact) mass is 349 g/mol. The molecule has 1 saturated carbocycles. The van der Waals surface area contributed by atoms with E-state index in [0.29, 0.717) is 34.7 Å². The van der Waals surface area contributed by atoms with Crippen LogP contribution >= 0.6 is 0 Å². The fourth-order valence-corrected chi connectivity index (χ4v) is 5.42. The number of sulfone groups is 1. The Bertz CT molecular complexity index is 946. The van der Waals surface area contributed by atoms with E-state index in [0.717, 1.165) is 18.5 Å². The average molecular weight is 349 g/mol. The minimum Gasteiger partial charge on any atom is -0.346 e. The van der Waals surface area contributed by atoms with Crippen molar-refractivity contribution in [2.45, 2.75) is 44.6 Å². The SMILES string of the molecule is Cc1noc2nc(C3CC3)cc(C(=O)NC3(C)CCS(=O)(=O)C3)c12. The minimum atomic E-state index is -3.09. The summed E-state index contributed by atoms with van der Waals surface area (Å²) >= 11 is 0. The summed E-state index contributed by atoms with van der Waals surface area (Å²) in [6.45, 7) is 3.54. The lowest BCUT2D eigenvalue weighted by Gasteiger charge is -2.24. The predicted octanol–water partition coefficient (Wildman–Crippen LogP) is 1.72. The minimum absolute atomic E-state index is 0.0297. The van der Waals surface area contributed by atoms with Gasteiger partial charge >= 0.3 is 0 Å². The molecule has 1 atom stereocenters. The van der Waals surface area contributed by atoms with Crippen LogP contribution in [0.2, 0.25) is 0 Å². The summed E-state index contributed by atoms with van der Waals surface area (Å²) in [4.78, 5) is 17.3. The van der Waals surface area contributed by atoms with Crippen molar-refractivity contribution in [3.63, 3.8) is 0 Å². The molecular weight excluding hydrogens is 330 g/mol. The molecule has 1 N–H and O–H groups in total. The summed E-state index contributed by atoms with van der Waals surface area (Å²) in [6.07, 6.45) is 2.54. The maximum atomic E-state index is 12.9. The molecule has 8 heteroatoms. The third kappa shape index (κ3) is 2.68. The van der Waals surface area contributed by atoms with Crippen LogP contribution < -0.4 is 5.32 Å². The van der Waals surface area contributed by atoms with Gasteiger partial charge in [-0.1, -0.05) is 5.16 Å². The largest absolute Gasteiger partial charge is 0.346 e. The van der Waals surface area contributed by atoms with Crippen LogP contribution in [0.5, 0.6) is 0 Å². The van der Waals surface area contributed by atoms with Crippen molar-refractivity contribution in [1.82, 2.24) is 15.5 Å². The van der Waals surface area contributed by atoms with Gasteiger partial charge in [0.1, 0.15) is 0 Å². The number of nitrogens with zero attached hydrogens (tertiary/aromatic N) is 2. The first-order valence-electron chi connectivity index (χ1n) is 8.06. The predicted molar refractivity (Wildman–Crippen MR) is 87.7 cm³/mol. The van der Waals surface area contributed by atoms with Crippen molar-refractivity contribution >= 4 is 26.8 Å². The molecule has 3 heterocycles. The van der Waals surface area contributed by atoms with E-state index in [1.54, 1.807) is 19.9 Å². The normalized spacial score (nSPS) is 25.9. The number of nitrogens with one attached hydrogen (secondary N) is 1. The third-order valence-electron chi connectivity index (χ3n) is 4.80. The van der Waals surface area contributed by atoms with Gasteiger partial charge < -0.3 is 9.84 Å². The number of carbonyl (C=O) groups is 1. The molecule has 2 aromatic rings. The van der Waals surface area contributed by atoms with Crippen molar-refractivity contribution in [1.29, 1.82) is 0 Å². The van der Waals surface area contributed by atoms with Crippen molar-refractivity contribution < 1.29 is 17.7 Å². The van der Waals surface area contributed by atoms with E-state index in [1.165, 1.54) is 0 Å². The van der Waals surface area contributed by atoms with Gasteiger partial charge in [0.05, 0.1) is 33.7 Å². The Balaban J connectivity index is 1.72. The summed E-state index contributed by atoms with van der Waals surface area (Å²) in [5.41, 5.74) is 1.54. The number of hydrogen-bond donors (Lipinski definition) is 1. The van der Waals surface area contributed by atoms with Crippen LogP contribution in [0.15, 0.2) is 10.6 Å². The summed E-state index contributed by atoms with van der Waals surface area (Å²) < 4.78 is 28.8. The maximum absolute atomic E-state index is 12.9. The number of aromatic nitrogens is 2. The number of fused-ring (bicyclic) bond motifs is 1. The Morgan fingerprint density at radius 2 is 2.17 bits per heavy atom. The molecule has 2 aromatic heterocycles. The number of amides is 1. The first kappa shape index (κ1) is 15.6. The van der Waals surface area contributed by atoms with Gasteiger partial charge in [0, 0.05) is 11.6 Å². The van der Waals surface area contributed by atoms with Gasteiger partial charge in [0.25, 0.3) is 11.6 Å². The number of rotatable bonds is 3. The van der Waals surface area contributed by atoms with Crippen LogP contribution in [0.4, 0.5) is 0 Å². The van der Waals surface area contributed by atoms with E-state index >= 15 is 0 Å². The lowest BCUT2D eigenvalue weighted by atomic mass is 10.00. The highest BCUT2D eigenvalue weighted by Gasteiger charge is 2.40. The average Bonchev–Trinajstić information content (AvgIpc) is 3.23. The molecule has 0 aromatic carbocycles. The molecule has 1 amide bonds. The molecule has 1 unspecified atom stereocenters. The van der Waals surface area contributed by atoms with Crippen LogP contribution in [-0.4, -0.2) is 41.5 Å². The van der Waals surface area contributed by atoms with Crippen LogP contribution in [0.25, 0.3) is 11.1 Å². The molecule has 128 valence electrons. The number of aryl methyl sites for hydroxylation is 1. The molecule has 24 heavy (non-hydrogen) atoms. The molecule has 0 spiro atoms. The van der Waals surface area contributed by atoms with Crippen LogP contribution in [0.1, 0.15) is 53.8 Å². The molecule has 0 bridgehead atoms. The molecule has 2 fully saturated rings. The van der Waals surface area contributed by atoms with Gasteiger partial charge in [-0.05, 0) is 39.2 Å². The van der Waals surface area contributed by atoms with Gasteiger partial charge in [-0.2, -0.15) is 0 Å². The summed E-state index contributed by atoms with van der Waals surface area (Å²) in [5, 5.41) is 7.42. The number of hydrogen-bond acceptors (Lipinski definition) is 6. The first-order chi connectivity index (χ1) is 11.3. The van der Waals surface area contributed by atoms with Crippen molar-refractivity contribution in [3.05, 3.63) is 23.0 Å². The summed E-state index contributed by atoms with van der Waals surface area (Å²) in [5.74, 6) is 0.150. The molecule has 7 nitrogen and oxygen atoms in total. The Hall–Kier alpha value is -1.96. The highest BCUT2D eigenvalue weighted by Crippen LogP contribution is 2.40. The molecule has 1 saturated heterocycles. The molecule has 0 radical (unpaired) electrons. The van der Waals surface area contributed by atoms with E-state index in [1.807, 2.05) is 0 Å². The second-order valence-electron chi connectivity index (χ2n) is 7.17. The van der Waals surface area contributed by atoms with Crippen LogP contribution in [0, 0.1) is 6.92 Å². The quantitative estimate of drug-likeness (QED) is 0.905. The first-order valence-corrected chi connectivity index (χ1v) is 9.88. The summed E-state index contributed by atoms with van der Waals surface area (Å²) in [6, 6.07) is 1.80. The second-order valence-corrected chi connectivity index (χ2v) is 9.36. The Morgan fingerprint density at radius 3 is 2.79 bits per heavy atom. The van der Waals surface area contributed by atoms with Crippen LogP contribution in [0.3, 0.4) is 0 Å². The molecule has 1 aliphatic heterocycles. The van der Waals surface area contributed by atoms with Gasteiger partial charge in [-0.3, -0.25) is 4.79 Å². The Morgan fingerprint density at radius 1 is 1.42 bits per heavy atom. The van der Waals surface area contributed by atoms with Crippen molar-refractivity contribution in [3.8, 4) is 0 Å². The molecule has 4 rings (SSSR count). The fourth-order valence-electron chi connectivity index (χ4n) is 3.33. The van der Waals surface area contributed by atoms with Crippen molar-refractivity contribution in [2.24, 2.45) is 0 Å². The Labute approximate surface area is 139 Å². The smallest absolute Gasteiger partial charge is 0.259 e. The zero-order valence-electron chi connectivity index (χ0n) is 13.6. The van der Waals surface area contributed by atoms with Gasteiger partial charge in [-0.25, -0.2) is 13.4 Å². The number of carbonyl (C=O) groups excluding carboxylic acids is 1. The lowest BCUT2D eigenvalue weighted by Crippen LogP contribution is -2.47. The lowest BCUT2D eigenvalue weighted by molar-refractivity contribution is 0.0917. The van der Waals surface area contributed by atoms with Gasteiger partial charge in [0.2, 0.25) is 0 Å². The standard InChI is InChI=1S/C16H19N3O4S/c1-9-13-11(7-12(10-3-4-10)17-15(13)23-19-9)14(20)18-16(2)5-6-24(21,22)8-16/h7,10H,3-6,8H2,1-2H3,(H,18,20). The van der Waals surface area contributed by atoms with E-state index < -0.39 is 15.4 Å².